The second-order valence-electron chi connectivity index (χ2n) is 18.8. The highest BCUT2D eigenvalue weighted by molar-refractivity contribution is 6.23. The standard InChI is InChI=1S/C54H76N12/c1-11-17-49(41(7)57-12-2)65(13-3)51-21-16-20-50(53(51)61(9)10)64-26-24-44(25-27-64)63-30-28-62(29-31-63)37-42-22-23-47-52(33-42)66-36-38(4)18-14-15-19-46(56-8)45(35-55)48-34-43(32-39(5)58-48)40(6)59-54(66)60-47/h12-13,16,20-23,32-35,38,44,49,57H,2-3,6-7,11,14-15,17-19,24-31,36-37,55H2,1,4-5,8-10H3,(H,59,60)/t38-,49?/m1/s1. The van der Waals surface area contributed by atoms with E-state index in [9.17, 15) is 0 Å². The molecule has 2 bridgehead atoms. The third-order valence-electron chi connectivity index (χ3n) is 13.9. The number of para-hydroxylation sites is 1. The molecule has 4 aromatic rings. The Hall–Kier alpha value is -5.85. The maximum absolute atomic E-state index is 6.21. The molecule has 2 aromatic heterocycles. The Kier molecular flexibility index (Phi) is 16.1. The smallest absolute Gasteiger partial charge is 0.208 e. The molecule has 0 aliphatic carbocycles. The first-order chi connectivity index (χ1) is 32.0. The summed E-state index contributed by atoms with van der Waals surface area (Å²) in [5, 5.41) is 6.89. The number of hydrogen-bond donors (Lipinski definition) is 3. The molecular weight excluding hydrogens is 817 g/mol. The fourth-order valence-electron chi connectivity index (χ4n) is 10.5. The minimum atomic E-state index is 0.0649. The Balaban J connectivity index is 1.01. The second kappa shape index (κ2) is 22.1. The molecule has 7 rings (SSSR count). The van der Waals surface area contributed by atoms with Gasteiger partial charge in [0.2, 0.25) is 5.95 Å². The van der Waals surface area contributed by atoms with Gasteiger partial charge >= 0.3 is 0 Å². The summed E-state index contributed by atoms with van der Waals surface area (Å²) in [5.74, 6) is 1.28. The molecule has 2 fully saturated rings. The highest BCUT2D eigenvalue weighted by atomic mass is 15.3. The number of nitrogens with one attached hydrogen (secondary N) is 2. The molecule has 0 amide bonds. The summed E-state index contributed by atoms with van der Waals surface area (Å²) in [6.07, 6.45) is 13.7. The summed E-state index contributed by atoms with van der Waals surface area (Å²) in [5.41, 5.74) is 19.6. The Morgan fingerprint density at radius 2 is 1.79 bits per heavy atom. The molecule has 2 aromatic carbocycles. The van der Waals surface area contributed by atoms with Gasteiger partial charge in [0, 0.05) is 120 Å². The number of nitrogens with zero attached hydrogens (tertiary/aromatic N) is 9. The molecule has 0 radical (unpaired) electrons. The van der Waals surface area contributed by atoms with Gasteiger partial charge in [-0.3, -0.25) is 19.8 Å². The van der Waals surface area contributed by atoms with Crippen LogP contribution in [0.5, 0.6) is 0 Å². The zero-order chi connectivity index (χ0) is 46.9. The molecule has 5 heterocycles. The molecule has 4 N–H and O–H groups in total. The predicted octanol–water partition coefficient (Wildman–Crippen LogP) is 9.62. The molecule has 1 unspecified atom stereocenters. The fourth-order valence-corrected chi connectivity index (χ4v) is 10.5. The van der Waals surface area contributed by atoms with Gasteiger partial charge in [0.05, 0.1) is 39.8 Å². The Morgan fingerprint density at radius 1 is 1.02 bits per heavy atom. The minimum absolute atomic E-state index is 0.0649. The number of hydrogen-bond acceptors (Lipinski definition) is 11. The highest BCUT2D eigenvalue weighted by Crippen LogP contribution is 2.41. The quantitative estimate of drug-likeness (QED) is 0.120. The van der Waals surface area contributed by atoms with Crippen molar-refractivity contribution in [2.24, 2.45) is 16.6 Å². The first kappa shape index (κ1) is 48.1. The lowest BCUT2D eigenvalue weighted by Crippen LogP contribution is -2.53. The number of rotatable bonds is 13. The normalized spacial score (nSPS) is 20.0. The van der Waals surface area contributed by atoms with E-state index in [-0.39, 0.29) is 6.04 Å². The Bertz CT molecular complexity index is 2410. The minimum Gasteiger partial charge on any atom is -0.404 e. The number of allylic oxidation sites excluding steroid dienone is 1. The predicted molar refractivity (Wildman–Crippen MR) is 281 cm³/mol. The van der Waals surface area contributed by atoms with E-state index in [1.165, 1.54) is 22.5 Å². The van der Waals surface area contributed by atoms with E-state index in [4.69, 9.17) is 15.7 Å². The van der Waals surface area contributed by atoms with Crippen molar-refractivity contribution in [3.05, 3.63) is 122 Å². The van der Waals surface area contributed by atoms with E-state index in [0.717, 1.165) is 161 Å². The van der Waals surface area contributed by atoms with Crippen molar-refractivity contribution in [2.45, 2.75) is 97.3 Å². The molecule has 2 saturated heterocycles. The van der Waals surface area contributed by atoms with Crippen LogP contribution in [0.25, 0.3) is 22.3 Å². The van der Waals surface area contributed by atoms with Crippen LogP contribution in [0.1, 0.15) is 87.7 Å². The van der Waals surface area contributed by atoms with Crippen LogP contribution < -0.4 is 31.1 Å². The summed E-state index contributed by atoms with van der Waals surface area (Å²) >= 11 is 0. The number of aromatic nitrogens is 3. The fraction of sp³-hybridized carbons (Fsp3) is 0.463. The van der Waals surface area contributed by atoms with Gasteiger partial charge in [-0.15, -0.1) is 0 Å². The molecule has 3 aliphatic rings. The largest absolute Gasteiger partial charge is 0.404 e. The summed E-state index contributed by atoms with van der Waals surface area (Å²) in [4.78, 5) is 27.2. The Labute approximate surface area is 395 Å². The maximum atomic E-state index is 6.21. The molecule has 3 aliphatic heterocycles. The van der Waals surface area contributed by atoms with Crippen LogP contribution in [0.2, 0.25) is 0 Å². The van der Waals surface area contributed by atoms with E-state index in [1.807, 2.05) is 20.2 Å². The van der Waals surface area contributed by atoms with Gasteiger partial charge in [0.1, 0.15) is 0 Å². The van der Waals surface area contributed by atoms with Crippen LogP contribution in [-0.2, 0) is 13.1 Å². The molecule has 0 saturated carbocycles. The number of aryl methyl sites for hydroxylation is 1. The van der Waals surface area contributed by atoms with Crippen molar-refractivity contribution in [1.29, 1.82) is 0 Å². The van der Waals surface area contributed by atoms with Gasteiger partial charge in [-0.1, -0.05) is 65.1 Å². The average molecular weight is 893 g/mol. The molecule has 352 valence electrons. The van der Waals surface area contributed by atoms with Crippen LogP contribution in [0.4, 0.5) is 23.0 Å². The van der Waals surface area contributed by atoms with Gasteiger partial charge in [0.15, 0.2) is 0 Å². The van der Waals surface area contributed by atoms with E-state index in [2.05, 4.69) is 147 Å². The number of aliphatic imine (C=N–C) groups is 1. The summed E-state index contributed by atoms with van der Waals surface area (Å²) in [7, 11) is 6.15. The lowest BCUT2D eigenvalue weighted by atomic mass is 9.97. The van der Waals surface area contributed by atoms with Crippen LogP contribution in [0.3, 0.4) is 0 Å². The zero-order valence-electron chi connectivity index (χ0n) is 40.8. The van der Waals surface area contributed by atoms with Crippen LogP contribution in [0.15, 0.2) is 104 Å². The second-order valence-corrected chi connectivity index (χ2v) is 18.8. The average Bonchev–Trinajstić information content (AvgIpc) is 3.64. The van der Waals surface area contributed by atoms with Crippen molar-refractivity contribution in [3.8, 4) is 0 Å². The monoisotopic (exact) mass is 893 g/mol. The number of pyridine rings is 1. The van der Waals surface area contributed by atoms with E-state index < -0.39 is 0 Å². The van der Waals surface area contributed by atoms with Crippen molar-refractivity contribution in [3.63, 3.8) is 0 Å². The highest BCUT2D eigenvalue weighted by Gasteiger charge is 2.31. The van der Waals surface area contributed by atoms with Gasteiger partial charge in [-0.05, 0) is 106 Å². The van der Waals surface area contributed by atoms with E-state index >= 15 is 0 Å². The summed E-state index contributed by atoms with van der Waals surface area (Å²) < 4.78 is 2.38. The van der Waals surface area contributed by atoms with Crippen molar-refractivity contribution in [2.75, 3.05) is 80.4 Å². The number of nitrogens with two attached hydrogens (primary N) is 1. The van der Waals surface area contributed by atoms with Gasteiger partial charge in [-0.2, -0.15) is 0 Å². The first-order valence-corrected chi connectivity index (χ1v) is 24.3. The summed E-state index contributed by atoms with van der Waals surface area (Å²) in [6.45, 7) is 31.8. The number of fused-ring (bicyclic) bond motifs is 5. The topological polar surface area (TPSA) is 109 Å². The van der Waals surface area contributed by atoms with E-state index in [1.54, 1.807) is 12.4 Å². The van der Waals surface area contributed by atoms with Gasteiger partial charge in [0.25, 0.3) is 0 Å². The summed E-state index contributed by atoms with van der Waals surface area (Å²) in [6, 6.07) is 18.3. The molecule has 12 heteroatoms. The molecule has 12 nitrogen and oxygen atoms in total. The molecular formula is C54H76N12. The molecule has 0 spiro atoms. The van der Waals surface area contributed by atoms with Crippen LogP contribution in [-0.4, -0.2) is 103 Å². The van der Waals surface area contributed by atoms with Crippen molar-refractivity contribution >= 4 is 51.0 Å². The van der Waals surface area contributed by atoms with Crippen molar-refractivity contribution < 1.29 is 0 Å². The first-order valence-electron chi connectivity index (χ1n) is 24.3. The number of benzene rings is 2. The van der Waals surface area contributed by atoms with Gasteiger partial charge < -0.3 is 35.6 Å². The molecule has 2 atom stereocenters. The third-order valence-corrected chi connectivity index (χ3v) is 13.9. The van der Waals surface area contributed by atoms with E-state index in [0.29, 0.717) is 12.0 Å². The third kappa shape index (κ3) is 10.9. The molecule has 66 heavy (non-hydrogen) atoms. The van der Waals surface area contributed by atoms with Gasteiger partial charge in [-0.25, -0.2) is 4.98 Å². The number of imidazole rings is 1. The van der Waals surface area contributed by atoms with Crippen LogP contribution in [0, 0.1) is 12.8 Å². The Morgan fingerprint density at radius 3 is 2.47 bits per heavy atom. The van der Waals surface area contributed by atoms with Crippen LogP contribution >= 0.6 is 0 Å². The number of piperidine rings is 1. The lowest BCUT2D eigenvalue weighted by molar-refractivity contribution is 0.0812. The lowest BCUT2D eigenvalue weighted by Gasteiger charge is -2.44. The zero-order valence-corrected chi connectivity index (χ0v) is 40.8. The maximum Gasteiger partial charge on any atom is 0.208 e. The van der Waals surface area contributed by atoms with Crippen molar-refractivity contribution in [1.82, 2.24) is 29.7 Å². The number of anilines is 4. The SMILES string of the molecule is C=CNC(=C)C(CCC)N(C=C)c1cccc(N2CCC(N3CCN(Cc4ccc5nc6n(c5c4)C[C@H](C)CCCCC(=NC)C(=CN)c4cc(cc(C)n4)C(=C)N6)CC3)CC2)c1N(C)C. The number of piperazine rings is 1.